The average Bonchev–Trinajstić information content (AvgIpc) is 3.00. The van der Waals surface area contributed by atoms with E-state index in [9.17, 15) is 9.90 Å². The lowest BCUT2D eigenvalue weighted by Crippen LogP contribution is -2.13. The molecule has 0 radical (unpaired) electrons. The Balaban J connectivity index is 1.95. The van der Waals surface area contributed by atoms with Gasteiger partial charge in [0, 0.05) is 16.6 Å². The van der Waals surface area contributed by atoms with Crippen molar-refractivity contribution in [2.45, 2.75) is 19.6 Å². The van der Waals surface area contributed by atoms with Gasteiger partial charge in [-0.3, -0.25) is 0 Å². The van der Waals surface area contributed by atoms with Gasteiger partial charge in [-0.05, 0) is 24.1 Å². The van der Waals surface area contributed by atoms with E-state index in [1.54, 1.807) is 17.6 Å². The van der Waals surface area contributed by atoms with E-state index in [2.05, 4.69) is 11.6 Å². The van der Waals surface area contributed by atoms with Gasteiger partial charge in [-0.15, -0.1) is 11.3 Å². The minimum absolute atomic E-state index is 0.0387. The number of halogens is 1. The van der Waals surface area contributed by atoms with Crippen LogP contribution in [-0.2, 0) is 16.1 Å². The van der Waals surface area contributed by atoms with E-state index >= 15 is 0 Å². The summed E-state index contributed by atoms with van der Waals surface area (Å²) in [7, 11) is 0. The molecule has 110 valence electrons. The van der Waals surface area contributed by atoms with Crippen LogP contribution in [0.3, 0.4) is 0 Å². The third-order valence-electron chi connectivity index (χ3n) is 2.88. The van der Waals surface area contributed by atoms with Crippen LogP contribution in [0.1, 0.15) is 22.2 Å². The maximum Gasteiger partial charge on any atom is 0.336 e. The highest BCUT2D eigenvalue weighted by molar-refractivity contribution is 7.09. The minimum atomic E-state index is -1.14. The summed E-state index contributed by atoms with van der Waals surface area (Å²) in [5.74, 6) is -0.658. The van der Waals surface area contributed by atoms with Gasteiger partial charge in [-0.2, -0.15) is 0 Å². The molecule has 0 saturated heterocycles. The molecule has 0 bridgehead atoms. The average molecular weight is 324 g/mol. The number of esters is 1. The van der Waals surface area contributed by atoms with Crippen molar-refractivity contribution in [1.82, 2.24) is 4.98 Å². The number of carbonyl (C=O) groups is 1. The van der Waals surface area contributed by atoms with Gasteiger partial charge in [0.05, 0.1) is 5.57 Å². The maximum absolute atomic E-state index is 11.9. The molecule has 0 aliphatic rings. The number of aryl methyl sites for hydroxylation is 1. The molecular weight excluding hydrogens is 310 g/mol. The highest BCUT2D eigenvalue weighted by Crippen LogP contribution is 2.23. The lowest BCUT2D eigenvalue weighted by molar-refractivity contribution is -0.141. The van der Waals surface area contributed by atoms with Crippen LogP contribution in [0, 0.1) is 6.92 Å². The first-order valence-electron chi connectivity index (χ1n) is 6.17. The molecule has 0 fully saturated rings. The first kappa shape index (κ1) is 15.7. The Morgan fingerprint density at radius 3 is 2.95 bits per heavy atom. The Kier molecular flexibility index (Phi) is 5.12. The zero-order valence-corrected chi connectivity index (χ0v) is 12.9. The summed E-state index contributed by atoms with van der Waals surface area (Å²) in [6.45, 7) is 5.54. The van der Waals surface area contributed by atoms with Gasteiger partial charge in [0.25, 0.3) is 0 Å². The number of aliphatic hydroxyl groups excluding tert-OH is 1. The lowest BCUT2D eigenvalue weighted by Gasteiger charge is -2.11. The largest absolute Gasteiger partial charge is 0.457 e. The van der Waals surface area contributed by atoms with Crippen molar-refractivity contribution in [2.75, 3.05) is 0 Å². The number of hydrogen-bond acceptors (Lipinski definition) is 5. The van der Waals surface area contributed by atoms with Crippen molar-refractivity contribution in [3.63, 3.8) is 0 Å². The Morgan fingerprint density at radius 1 is 1.57 bits per heavy atom. The van der Waals surface area contributed by atoms with Gasteiger partial charge in [0.15, 0.2) is 0 Å². The van der Waals surface area contributed by atoms with E-state index in [-0.39, 0.29) is 12.2 Å². The van der Waals surface area contributed by atoms with Gasteiger partial charge in [-0.25, -0.2) is 9.78 Å². The molecule has 1 aromatic carbocycles. The van der Waals surface area contributed by atoms with Crippen molar-refractivity contribution < 1.29 is 14.6 Å². The zero-order valence-electron chi connectivity index (χ0n) is 11.4. The SMILES string of the molecule is C=C(C(=O)OCc1ccc(C)c(Cl)c1)C(O)c1nccs1. The van der Waals surface area contributed by atoms with Crippen LogP contribution in [0.25, 0.3) is 0 Å². The number of thiazole rings is 1. The normalized spacial score (nSPS) is 12.0. The summed E-state index contributed by atoms with van der Waals surface area (Å²) < 4.78 is 5.12. The fraction of sp³-hybridized carbons (Fsp3) is 0.200. The van der Waals surface area contributed by atoms with Gasteiger partial charge in [0.1, 0.15) is 17.7 Å². The second-order valence-electron chi connectivity index (χ2n) is 4.46. The second-order valence-corrected chi connectivity index (χ2v) is 5.79. The highest BCUT2D eigenvalue weighted by Gasteiger charge is 2.21. The number of ether oxygens (including phenoxy) is 1. The molecule has 2 aromatic rings. The van der Waals surface area contributed by atoms with Crippen LogP contribution >= 0.6 is 22.9 Å². The van der Waals surface area contributed by atoms with Gasteiger partial charge >= 0.3 is 5.97 Å². The molecule has 1 N–H and O–H groups in total. The van der Waals surface area contributed by atoms with Crippen LogP contribution < -0.4 is 0 Å². The van der Waals surface area contributed by atoms with E-state index in [4.69, 9.17) is 16.3 Å². The molecule has 0 saturated carbocycles. The second kappa shape index (κ2) is 6.85. The predicted molar refractivity (Wildman–Crippen MR) is 82.2 cm³/mol. The van der Waals surface area contributed by atoms with E-state index in [1.165, 1.54) is 11.3 Å². The molecule has 6 heteroatoms. The molecule has 21 heavy (non-hydrogen) atoms. The molecule has 1 atom stereocenters. The van der Waals surface area contributed by atoms with E-state index in [0.29, 0.717) is 10.0 Å². The standard InChI is InChI=1S/C15H14ClNO3S/c1-9-3-4-11(7-12(9)16)8-20-15(19)10(2)13(18)14-17-5-6-21-14/h3-7,13,18H,2,8H2,1H3. The Bertz CT molecular complexity index is 655. The summed E-state index contributed by atoms with van der Waals surface area (Å²) in [5.41, 5.74) is 1.69. The first-order valence-corrected chi connectivity index (χ1v) is 7.43. The van der Waals surface area contributed by atoms with Crippen LogP contribution in [0.4, 0.5) is 0 Å². The van der Waals surface area contributed by atoms with Crippen molar-refractivity contribution >= 4 is 28.9 Å². The van der Waals surface area contributed by atoms with Crippen LogP contribution in [0.2, 0.25) is 5.02 Å². The van der Waals surface area contributed by atoms with Gasteiger partial charge < -0.3 is 9.84 Å². The Hall–Kier alpha value is -1.69. The summed E-state index contributed by atoms with van der Waals surface area (Å²) >= 11 is 7.25. The molecule has 0 aliphatic carbocycles. The summed E-state index contributed by atoms with van der Waals surface area (Å²) in [5, 5.41) is 12.7. The summed E-state index contributed by atoms with van der Waals surface area (Å²) in [4.78, 5) is 15.8. The molecule has 1 heterocycles. The lowest BCUT2D eigenvalue weighted by atomic mass is 10.1. The molecule has 1 unspecified atom stereocenters. The smallest absolute Gasteiger partial charge is 0.336 e. The summed E-state index contributed by atoms with van der Waals surface area (Å²) in [6, 6.07) is 5.42. The third kappa shape index (κ3) is 3.91. The quantitative estimate of drug-likeness (QED) is 0.676. The fourth-order valence-electron chi connectivity index (χ4n) is 1.60. The third-order valence-corrected chi connectivity index (χ3v) is 4.12. The highest BCUT2D eigenvalue weighted by atomic mass is 35.5. The number of hydrogen-bond donors (Lipinski definition) is 1. The number of aliphatic hydroxyl groups is 1. The van der Waals surface area contributed by atoms with E-state index in [1.807, 2.05) is 19.1 Å². The Morgan fingerprint density at radius 2 is 2.33 bits per heavy atom. The summed E-state index contributed by atoms with van der Waals surface area (Å²) in [6.07, 6.45) is 0.412. The number of rotatable bonds is 5. The topological polar surface area (TPSA) is 59.4 Å². The number of carbonyl (C=O) groups excluding carboxylic acids is 1. The number of aromatic nitrogens is 1. The monoisotopic (exact) mass is 323 g/mol. The molecule has 0 amide bonds. The van der Waals surface area contributed by atoms with E-state index in [0.717, 1.165) is 11.1 Å². The molecule has 4 nitrogen and oxygen atoms in total. The van der Waals surface area contributed by atoms with Gasteiger partial charge in [-0.1, -0.05) is 30.3 Å². The van der Waals surface area contributed by atoms with Crippen LogP contribution in [0.15, 0.2) is 41.9 Å². The molecular formula is C15H14ClNO3S. The van der Waals surface area contributed by atoms with Gasteiger partial charge in [0.2, 0.25) is 0 Å². The van der Waals surface area contributed by atoms with Crippen molar-refractivity contribution in [1.29, 1.82) is 0 Å². The van der Waals surface area contributed by atoms with Crippen molar-refractivity contribution in [3.05, 3.63) is 63.1 Å². The van der Waals surface area contributed by atoms with Crippen molar-refractivity contribution in [2.24, 2.45) is 0 Å². The first-order chi connectivity index (χ1) is 9.99. The Labute approximate surface area is 131 Å². The van der Waals surface area contributed by atoms with Crippen LogP contribution in [-0.4, -0.2) is 16.1 Å². The molecule has 2 rings (SSSR count). The maximum atomic E-state index is 11.9. The molecule has 0 spiro atoms. The van der Waals surface area contributed by atoms with E-state index < -0.39 is 12.1 Å². The predicted octanol–water partition coefficient (Wildman–Crippen LogP) is 3.44. The molecule has 0 aliphatic heterocycles. The fourth-order valence-corrected chi connectivity index (χ4v) is 2.46. The zero-order chi connectivity index (χ0) is 15.4. The number of benzene rings is 1. The number of nitrogens with zero attached hydrogens (tertiary/aromatic N) is 1. The molecule has 1 aromatic heterocycles. The van der Waals surface area contributed by atoms with Crippen LogP contribution in [0.5, 0.6) is 0 Å². The van der Waals surface area contributed by atoms with Crippen molar-refractivity contribution in [3.8, 4) is 0 Å². The minimum Gasteiger partial charge on any atom is -0.457 e.